The normalized spacial score (nSPS) is 11.5. The largest absolute Gasteiger partial charge is 0.468 e. The van der Waals surface area contributed by atoms with Crippen molar-refractivity contribution in [3.63, 3.8) is 0 Å². The summed E-state index contributed by atoms with van der Waals surface area (Å²) in [6.45, 7) is 8.14. The maximum Gasteiger partial charge on any atom is 0.293 e. The molecule has 3 heteroatoms. The van der Waals surface area contributed by atoms with E-state index in [4.69, 9.17) is 4.74 Å². The summed E-state index contributed by atoms with van der Waals surface area (Å²) in [6, 6.07) is 5.90. The second kappa shape index (κ2) is 10.8. The zero-order valence-corrected chi connectivity index (χ0v) is 13.0. The first kappa shape index (κ1) is 16.7. The van der Waals surface area contributed by atoms with Crippen molar-refractivity contribution in [2.24, 2.45) is 0 Å². The van der Waals surface area contributed by atoms with Crippen LogP contribution in [0, 0.1) is 0 Å². The zero-order chi connectivity index (χ0) is 13.0. The number of unbranched alkanes of at least 4 members (excludes halogenated alkanes) is 1. The lowest BCUT2D eigenvalue weighted by molar-refractivity contribution is -0.128. The van der Waals surface area contributed by atoms with Crippen LogP contribution in [0.2, 0.25) is 24.2 Å². The molecule has 17 heavy (non-hydrogen) atoms. The molecule has 0 saturated heterocycles. The molecule has 0 unspecified atom stereocenters. The summed E-state index contributed by atoms with van der Waals surface area (Å²) >= 11 is 0. The Morgan fingerprint density at radius 2 is 1.41 bits per heavy atom. The van der Waals surface area contributed by atoms with Gasteiger partial charge < -0.3 is 4.74 Å². The highest BCUT2D eigenvalue weighted by atomic mass is 28.3. The van der Waals surface area contributed by atoms with Crippen LogP contribution >= 0.6 is 0 Å². The molecule has 102 valence electrons. The highest BCUT2D eigenvalue weighted by Gasteiger charge is 2.28. The second-order valence-corrected chi connectivity index (χ2v) is 10.2. The molecule has 0 aliphatic heterocycles. The lowest BCUT2D eigenvalue weighted by atomic mass is 10.4. The Hall–Kier alpha value is -0.313. The van der Waals surface area contributed by atoms with Gasteiger partial charge in [0.1, 0.15) is 0 Å². The van der Waals surface area contributed by atoms with Crippen LogP contribution in [-0.2, 0) is 9.53 Å². The molecule has 0 fully saturated rings. The summed E-state index contributed by atoms with van der Waals surface area (Å²) in [5.41, 5.74) is 0. The first-order valence-corrected chi connectivity index (χ1v) is 10.1. The monoisotopic (exact) mass is 258 g/mol. The molecule has 0 aromatic carbocycles. The molecule has 0 radical (unpaired) electrons. The third-order valence-electron chi connectivity index (χ3n) is 3.63. The van der Waals surface area contributed by atoms with Crippen LogP contribution in [0.5, 0.6) is 0 Å². The van der Waals surface area contributed by atoms with Gasteiger partial charge in [0.15, 0.2) is 0 Å². The fraction of sp³-hybridized carbons (Fsp3) is 0.929. The van der Waals surface area contributed by atoms with Crippen molar-refractivity contribution >= 4 is 14.5 Å². The minimum atomic E-state index is -1.000. The zero-order valence-electron chi connectivity index (χ0n) is 12.0. The molecule has 0 N–H and O–H groups in total. The smallest absolute Gasteiger partial charge is 0.293 e. The highest BCUT2D eigenvalue weighted by molar-refractivity contribution is 6.79. The van der Waals surface area contributed by atoms with Crippen molar-refractivity contribution in [3.8, 4) is 0 Å². The van der Waals surface area contributed by atoms with Crippen LogP contribution in [0.25, 0.3) is 0 Å². The van der Waals surface area contributed by atoms with E-state index in [0.717, 1.165) is 6.42 Å². The van der Waals surface area contributed by atoms with Gasteiger partial charge in [-0.25, -0.2) is 0 Å². The summed E-state index contributed by atoms with van der Waals surface area (Å²) in [4.78, 5) is 10.1. The lowest BCUT2D eigenvalue weighted by Crippen LogP contribution is -2.33. The predicted octanol–water partition coefficient (Wildman–Crippen LogP) is 4.62. The van der Waals surface area contributed by atoms with E-state index in [1.165, 1.54) is 49.9 Å². The van der Waals surface area contributed by atoms with Gasteiger partial charge >= 0.3 is 0 Å². The fourth-order valence-corrected chi connectivity index (χ4v) is 8.76. The molecule has 0 aromatic heterocycles. The van der Waals surface area contributed by atoms with Crippen molar-refractivity contribution in [1.29, 1.82) is 0 Å². The number of carbonyl (C=O) groups is 1. The van der Waals surface area contributed by atoms with Gasteiger partial charge in [-0.05, 0) is 6.42 Å². The Morgan fingerprint density at radius 1 is 0.882 bits per heavy atom. The van der Waals surface area contributed by atoms with Gasteiger partial charge in [0.2, 0.25) is 0 Å². The molecule has 0 atom stereocenters. The molecule has 0 aliphatic carbocycles. The van der Waals surface area contributed by atoms with Gasteiger partial charge in [0.25, 0.3) is 6.47 Å². The molecule has 0 amide bonds. The van der Waals surface area contributed by atoms with Crippen LogP contribution in [0.1, 0.15) is 52.9 Å². The van der Waals surface area contributed by atoms with Crippen LogP contribution < -0.4 is 0 Å². The number of carbonyl (C=O) groups excluding carboxylic acids is 1. The number of hydrogen-bond acceptors (Lipinski definition) is 2. The van der Waals surface area contributed by atoms with Crippen LogP contribution in [-0.4, -0.2) is 21.2 Å². The summed E-state index contributed by atoms with van der Waals surface area (Å²) in [5.74, 6) is 0. The standard InChI is InChI=1S/C14H30O2Si/c1-4-10-17(11-5-2,12-6-3)13-8-7-9-16-14-15/h14H,4-13H2,1-3H3. The molecule has 0 spiro atoms. The van der Waals surface area contributed by atoms with Crippen molar-refractivity contribution in [3.05, 3.63) is 0 Å². The first-order valence-electron chi connectivity index (χ1n) is 7.30. The van der Waals surface area contributed by atoms with Crippen molar-refractivity contribution in [2.45, 2.75) is 77.1 Å². The first-order chi connectivity index (χ1) is 8.24. The third kappa shape index (κ3) is 7.58. The van der Waals surface area contributed by atoms with E-state index >= 15 is 0 Å². The minimum absolute atomic E-state index is 0.564. The molecule has 0 aromatic rings. The van der Waals surface area contributed by atoms with E-state index < -0.39 is 8.07 Å². The molecule has 0 saturated carbocycles. The highest BCUT2D eigenvalue weighted by Crippen LogP contribution is 2.31. The molecule has 2 nitrogen and oxygen atoms in total. The Labute approximate surface area is 108 Å². The summed E-state index contributed by atoms with van der Waals surface area (Å²) in [5, 5.41) is 0. The molecular weight excluding hydrogens is 228 g/mol. The van der Waals surface area contributed by atoms with E-state index in [0.29, 0.717) is 13.1 Å². The Kier molecular flexibility index (Phi) is 10.6. The second-order valence-electron chi connectivity index (χ2n) is 5.17. The van der Waals surface area contributed by atoms with E-state index in [1.807, 2.05) is 0 Å². The Balaban J connectivity index is 4.08. The third-order valence-corrected chi connectivity index (χ3v) is 9.72. The summed E-state index contributed by atoms with van der Waals surface area (Å²) in [7, 11) is -1.000. The van der Waals surface area contributed by atoms with Crippen LogP contribution in [0.4, 0.5) is 0 Å². The SMILES string of the molecule is CCC[Si](CCC)(CCC)CCCCOC=O. The molecule has 0 bridgehead atoms. The minimum Gasteiger partial charge on any atom is -0.468 e. The van der Waals surface area contributed by atoms with Gasteiger partial charge in [0, 0.05) is 0 Å². The Morgan fingerprint density at radius 3 is 1.82 bits per heavy atom. The quantitative estimate of drug-likeness (QED) is 0.290. The van der Waals surface area contributed by atoms with Gasteiger partial charge in [-0.1, -0.05) is 70.6 Å². The number of ether oxygens (including phenoxy) is 1. The van der Waals surface area contributed by atoms with E-state index in [1.54, 1.807) is 0 Å². The van der Waals surface area contributed by atoms with E-state index in [-0.39, 0.29) is 0 Å². The van der Waals surface area contributed by atoms with Gasteiger partial charge in [0.05, 0.1) is 14.7 Å². The average Bonchev–Trinajstić information content (AvgIpc) is 2.30. The molecular formula is C14H30O2Si. The van der Waals surface area contributed by atoms with Crippen LogP contribution in [0.3, 0.4) is 0 Å². The fourth-order valence-electron chi connectivity index (χ4n) is 3.07. The lowest BCUT2D eigenvalue weighted by Gasteiger charge is -2.31. The van der Waals surface area contributed by atoms with Crippen molar-refractivity contribution in [1.82, 2.24) is 0 Å². The van der Waals surface area contributed by atoms with Crippen LogP contribution in [0.15, 0.2) is 0 Å². The molecule has 0 aliphatic rings. The van der Waals surface area contributed by atoms with Gasteiger partial charge in [-0.3, -0.25) is 4.79 Å². The average molecular weight is 258 g/mol. The van der Waals surface area contributed by atoms with E-state index in [9.17, 15) is 4.79 Å². The topological polar surface area (TPSA) is 26.3 Å². The number of rotatable bonds is 12. The van der Waals surface area contributed by atoms with Crippen molar-refractivity contribution < 1.29 is 9.53 Å². The maximum atomic E-state index is 10.1. The number of hydrogen-bond donors (Lipinski definition) is 0. The van der Waals surface area contributed by atoms with E-state index in [2.05, 4.69) is 20.8 Å². The molecule has 0 rings (SSSR count). The predicted molar refractivity (Wildman–Crippen MR) is 77.1 cm³/mol. The summed E-state index contributed by atoms with van der Waals surface area (Å²) < 4.78 is 4.76. The maximum absolute atomic E-state index is 10.1. The van der Waals surface area contributed by atoms with Gasteiger partial charge in [-0.2, -0.15) is 0 Å². The van der Waals surface area contributed by atoms with Gasteiger partial charge in [-0.15, -0.1) is 0 Å². The summed E-state index contributed by atoms with van der Waals surface area (Å²) in [6.07, 6.45) is 6.33. The van der Waals surface area contributed by atoms with Crippen molar-refractivity contribution in [2.75, 3.05) is 6.61 Å². The molecule has 0 heterocycles. The Bertz CT molecular complexity index is 166.